The van der Waals surface area contributed by atoms with Gasteiger partial charge in [0.15, 0.2) is 0 Å². The number of aromatic nitrogens is 1. The van der Waals surface area contributed by atoms with Crippen molar-refractivity contribution in [1.82, 2.24) is 9.88 Å². The van der Waals surface area contributed by atoms with Crippen LogP contribution in [0.4, 0.5) is 23.8 Å². The van der Waals surface area contributed by atoms with Crippen molar-refractivity contribution in [3.8, 4) is 11.8 Å². The Morgan fingerprint density at radius 2 is 1.89 bits per heavy atom. The van der Waals surface area contributed by atoms with Crippen LogP contribution in [0, 0.1) is 11.8 Å². The van der Waals surface area contributed by atoms with Gasteiger partial charge in [0.2, 0.25) is 0 Å². The first kappa shape index (κ1) is 20.9. The van der Waals surface area contributed by atoms with Gasteiger partial charge in [-0.3, -0.25) is 0 Å². The molecule has 0 spiro atoms. The van der Waals surface area contributed by atoms with Crippen molar-refractivity contribution in [2.45, 2.75) is 38.8 Å². The van der Waals surface area contributed by atoms with Gasteiger partial charge in [-0.25, -0.2) is 9.78 Å². The van der Waals surface area contributed by atoms with E-state index in [-0.39, 0.29) is 12.7 Å². The molecule has 1 aromatic rings. The summed E-state index contributed by atoms with van der Waals surface area (Å²) in [6.45, 7) is 4.22. The van der Waals surface area contributed by atoms with Crippen LogP contribution in [0.5, 0.6) is 0 Å². The van der Waals surface area contributed by atoms with Crippen LogP contribution in [0.25, 0.3) is 0 Å². The van der Waals surface area contributed by atoms with Crippen LogP contribution in [0.1, 0.15) is 38.2 Å². The summed E-state index contributed by atoms with van der Waals surface area (Å²) in [5, 5.41) is 0. The zero-order chi connectivity index (χ0) is 19.7. The average molecular weight is 383 g/mol. The van der Waals surface area contributed by atoms with Crippen LogP contribution in [-0.2, 0) is 10.9 Å². The molecule has 8 heteroatoms. The standard InChI is InChI=1S/C19H24F3N3O2/c1-2-3-4-5-6-7-14-27-18(26)25-12-10-24(11-13-25)17-9-8-16(15-23-17)19(20,21)22/h8-9,15H,2-4,7,10-14H2,1H3. The molecular formula is C19H24F3N3O2. The van der Waals surface area contributed by atoms with Gasteiger partial charge in [-0.2, -0.15) is 13.2 Å². The monoisotopic (exact) mass is 383 g/mol. The molecule has 148 valence electrons. The third kappa shape index (κ3) is 6.66. The molecule has 2 rings (SSSR count). The lowest BCUT2D eigenvalue weighted by Crippen LogP contribution is -2.49. The molecular weight excluding hydrogens is 359 g/mol. The van der Waals surface area contributed by atoms with Gasteiger partial charge in [0, 0.05) is 45.2 Å². The smallest absolute Gasteiger partial charge is 0.417 e. The van der Waals surface area contributed by atoms with Crippen molar-refractivity contribution >= 4 is 11.9 Å². The summed E-state index contributed by atoms with van der Waals surface area (Å²) in [4.78, 5) is 19.4. The first-order valence-corrected chi connectivity index (χ1v) is 9.07. The summed E-state index contributed by atoms with van der Waals surface area (Å²) in [7, 11) is 0. The van der Waals surface area contributed by atoms with E-state index in [2.05, 4.69) is 23.7 Å². The van der Waals surface area contributed by atoms with Crippen molar-refractivity contribution in [1.29, 1.82) is 0 Å². The van der Waals surface area contributed by atoms with E-state index in [1.807, 2.05) is 4.90 Å². The largest absolute Gasteiger partial charge is 0.448 e. The van der Waals surface area contributed by atoms with E-state index in [0.717, 1.165) is 31.5 Å². The highest BCUT2D eigenvalue weighted by Crippen LogP contribution is 2.29. The van der Waals surface area contributed by atoms with Crippen LogP contribution in [0.2, 0.25) is 0 Å². The Morgan fingerprint density at radius 1 is 1.19 bits per heavy atom. The Hall–Kier alpha value is -2.43. The zero-order valence-electron chi connectivity index (χ0n) is 15.4. The molecule has 1 amide bonds. The summed E-state index contributed by atoms with van der Waals surface area (Å²) < 4.78 is 43.0. The molecule has 1 aromatic heterocycles. The van der Waals surface area contributed by atoms with Gasteiger partial charge in [-0.1, -0.05) is 19.3 Å². The number of carbonyl (C=O) groups excluding carboxylic acids is 1. The lowest BCUT2D eigenvalue weighted by atomic mass is 10.2. The van der Waals surface area contributed by atoms with Gasteiger partial charge < -0.3 is 14.5 Å². The predicted molar refractivity (Wildman–Crippen MR) is 96.3 cm³/mol. The summed E-state index contributed by atoms with van der Waals surface area (Å²) in [5.74, 6) is 6.49. The van der Waals surface area contributed by atoms with Gasteiger partial charge in [0.25, 0.3) is 0 Å². The Kier molecular flexibility index (Phi) is 7.77. The Labute approximate surface area is 157 Å². The Bertz CT molecular complexity index is 658. The molecule has 5 nitrogen and oxygen atoms in total. The summed E-state index contributed by atoms with van der Waals surface area (Å²) >= 11 is 0. The Morgan fingerprint density at radius 3 is 2.48 bits per heavy atom. The number of unbranched alkanes of at least 4 members (excludes halogenated alkanes) is 2. The molecule has 0 bridgehead atoms. The normalized spacial score (nSPS) is 14.5. The van der Waals surface area contributed by atoms with Crippen LogP contribution >= 0.6 is 0 Å². The molecule has 27 heavy (non-hydrogen) atoms. The predicted octanol–water partition coefficient (Wildman–Crippen LogP) is 3.94. The SMILES string of the molecule is CCCCC#CCCOC(=O)N1CCN(c2ccc(C(F)(F)F)cn2)CC1. The van der Waals surface area contributed by atoms with E-state index < -0.39 is 11.7 Å². The highest BCUT2D eigenvalue weighted by Gasteiger charge is 2.31. The second kappa shape index (κ2) is 10.0. The molecule has 0 saturated carbocycles. The molecule has 0 unspecified atom stereocenters. The minimum absolute atomic E-state index is 0.263. The lowest BCUT2D eigenvalue weighted by molar-refractivity contribution is -0.137. The van der Waals surface area contributed by atoms with E-state index in [0.29, 0.717) is 38.4 Å². The molecule has 2 heterocycles. The third-order valence-corrected chi connectivity index (χ3v) is 4.17. The quantitative estimate of drug-likeness (QED) is 0.571. The molecule has 0 atom stereocenters. The summed E-state index contributed by atoms with van der Waals surface area (Å²) in [5.41, 5.74) is -0.772. The fourth-order valence-corrected chi connectivity index (χ4v) is 2.58. The van der Waals surface area contributed by atoms with E-state index in [1.165, 1.54) is 6.07 Å². The van der Waals surface area contributed by atoms with Gasteiger partial charge in [0.1, 0.15) is 12.4 Å². The minimum Gasteiger partial charge on any atom is -0.448 e. The van der Waals surface area contributed by atoms with E-state index in [9.17, 15) is 18.0 Å². The second-order valence-corrected chi connectivity index (χ2v) is 6.20. The molecule has 1 saturated heterocycles. The van der Waals surface area contributed by atoms with Gasteiger partial charge in [-0.05, 0) is 18.6 Å². The number of piperazine rings is 1. The number of nitrogens with zero attached hydrogens (tertiary/aromatic N) is 3. The number of amides is 1. The molecule has 0 N–H and O–H groups in total. The van der Waals surface area contributed by atoms with Crippen molar-refractivity contribution in [3.05, 3.63) is 23.9 Å². The number of anilines is 1. The van der Waals surface area contributed by atoms with Gasteiger partial charge in [-0.15, -0.1) is 5.92 Å². The average Bonchev–Trinajstić information content (AvgIpc) is 2.67. The first-order valence-electron chi connectivity index (χ1n) is 9.07. The van der Waals surface area contributed by atoms with Crippen LogP contribution in [0.3, 0.4) is 0 Å². The molecule has 0 aliphatic carbocycles. The molecule has 1 fully saturated rings. The number of rotatable bonds is 5. The molecule has 1 aliphatic rings. The highest BCUT2D eigenvalue weighted by molar-refractivity contribution is 5.68. The van der Waals surface area contributed by atoms with Crippen LogP contribution in [0.15, 0.2) is 18.3 Å². The van der Waals surface area contributed by atoms with E-state index >= 15 is 0 Å². The van der Waals surface area contributed by atoms with Crippen LogP contribution < -0.4 is 4.90 Å². The fraction of sp³-hybridized carbons (Fsp3) is 0.579. The number of hydrogen-bond acceptors (Lipinski definition) is 4. The fourth-order valence-electron chi connectivity index (χ4n) is 2.58. The van der Waals surface area contributed by atoms with E-state index in [4.69, 9.17) is 4.74 Å². The topological polar surface area (TPSA) is 45.7 Å². The number of halogens is 3. The number of ether oxygens (including phenoxy) is 1. The minimum atomic E-state index is -4.39. The Balaban J connectivity index is 1.73. The maximum absolute atomic E-state index is 12.6. The van der Waals surface area contributed by atoms with Crippen molar-refractivity contribution in [2.24, 2.45) is 0 Å². The maximum atomic E-state index is 12.6. The van der Waals surface area contributed by atoms with Crippen molar-refractivity contribution in [3.63, 3.8) is 0 Å². The van der Waals surface area contributed by atoms with Gasteiger partial charge >= 0.3 is 12.3 Å². The molecule has 0 radical (unpaired) electrons. The van der Waals surface area contributed by atoms with Crippen molar-refractivity contribution in [2.75, 3.05) is 37.7 Å². The second-order valence-electron chi connectivity index (χ2n) is 6.20. The summed E-state index contributed by atoms with van der Waals surface area (Å²) in [6, 6.07) is 2.37. The number of alkyl halides is 3. The third-order valence-electron chi connectivity index (χ3n) is 4.17. The van der Waals surface area contributed by atoms with E-state index in [1.54, 1.807) is 4.90 Å². The number of carbonyl (C=O) groups is 1. The maximum Gasteiger partial charge on any atom is 0.417 e. The molecule has 1 aliphatic heterocycles. The first-order chi connectivity index (χ1) is 12.9. The zero-order valence-corrected chi connectivity index (χ0v) is 15.4. The lowest BCUT2D eigenvalue weighted by Gasteiger charge is -2.34. The number of pyridine rings is 1. The highest BCUT2D eigenvalue weighted by atomic mass is 19.4. The van der Waals surface area contributed by atoms with Crippen LogP contribution in [-0.4, -0.2) is 48.8 Å². The van der Waals surface area contributed by atoms with Gasteiger partial charge in [0.05, 0.1) is 5.56 Å². The number of hydrogen-bond donors (Lipinski definition) is 0. The van der Waals surface area contributed by atoms with Crippen molar-refractivity contribution < 1.29 is 22.7 Å². The summed E-state index contributed by atoms with van der Waals surface area (Å²) in [6.07, 6.45) is -0.380. The molecule has 0 aromatic carbocycles.